The Hall–Kier alpha value is -0.930. The van der Waals surface area contributed by atoms with Gasteiger partial charge in [0, 0.05) is 24.6 Å². The number of ether oxygens (including phenoxy) is 1. The van der Waals surface area contributed by atoms with E-state index in [1.54, 1.807) is 13.3 Å². The lowest BCUT2D eigenvalue weighted by Crippen LogP contribution is -2.16. The number of aromatic nitrogens is 1. The van der Waals surface area contributed by atoms with E-state index in [-0.39, 0.29) is 6.10 Å². The van der Waals surface area contributed by atoms with Gasteiger partial charge in [-0.3, -0.25) is 4.98 Å². The van der Waals surface area contributed by atoms with Crippen LogP contribution in [0.1, 0.15) is 24.3 Å². The number of methoxy groups -OCH3 is 1. The first kappa shape index (κ1) is 10.2. The molecule has 1 rings (SSSR count). The van der Waals surface area contributed by atoms with Gasteiger partial charge >= 0.3 is 0 Å². The molecule has 1 heterocycles. The van der Waals surface area contributed by atoms with E-state index < -0.39 is 6.10 Å². The second-order valence-electron chi connectivity index (χ2n) is 3.12. The molecule has 0 amide bonds. The van der Waals surface area contributed by atoms with Crippen LogP contribution in [-0.4, -0.2) is 23.3 Å². The van der Waals surface area contributed by atoms with Crippen LogP contribution >= 0.6 is 0 Å². The van der Waals surface area contributed by atoms with Crippen LogP contribution in [0.2, 0.25) is 0 Å². The summed E-state index contributed by atoms with van der Waals surface area (Å²) in [7, 11) is 1.58. The highest BCUT2D eigenvalue weighted by molar-refractivity contribution is 5.16. The molecule has 0 radical (unpaired) electrons. The van der Waals surface area contributed by atoms with E-state index in [1.165, 1.54) is 0 Å². The zero-order valence-electron chi connectivity index (χ0n) is 8.19. The van der Waals surface area contributed by atoms with Gasteiger partial charge in [-0.1, -0.05) is 6.07 Å². The van der Waals surface area contributed by atoms with Crippen molar-refractivity contribution < 1.29 is 9.84 Å². The summed E-state index contributed by atoms with van der Waals surface area (Å²) in [4.78, 5) is 4.10. The van der Waals surface area contributed by atoms with Gasteiger partial charge in [-0.2, -0.15) is 0 Å². The van der Waals surface area contributed by atoms with Crippen LogP contribution in [0, 0.1) is 6.92 Å². The van der Waals surface area contributed by atoms with Gasteiger partial charge in [0.2, 0.25) is 0 Å². The van der Waals surface area contributed by atoms with Crippen LogP contribution in [0.4, 0.5) is 0 Å². The molecule has 2 unspecified atom stereocenters. The van der Waals surface area contributed by atoms with Crippen molar-refractivity contribution in [3.63, 3.8) is 0 Å². The third-order valence-electron chi connectivity index (χ3n) is 2.09. The van der Waals surface area contributed by atoms with Crippen molar-refractivity contribution in [1.82, 2.24) is 4.98 Å². The van der Waals surface area contributed by atoms with Crippen molar-refractivity contribution >= 4 is 0 Å². The fraction of sp³-hybridized carbons (Fsp3) is 0.500. The van der Waals surface area contributed by atoms with E-state index in [0.717, 1.165) is 11.3 Å². The van der Waals surface area contributed by atoms with Crippen LogP contribution in [-0.2, 0) is 4.74 Å². The fourth-order valence-electron chi connectivity index (χ4n) is 1.05. The molecule has 72 valence electrons. The van der Waals surface area contributed by atoms with Gasteiger partial charge < -0.3 is 9.84 Å². The van der Waals surface area contributed by atoms with Crippen LogP contribution in [0.25, 0.3) is 0 Å². The predicted octanol–water partition coefficient (Wildman–Crippen LogP) is 1.46. The van der Waals surface area contributed by atoms with Crippen LogP contribution < -0.4 is 0 Å². The van der Waals surface area contributed by atoms with Crippen LogP contribution in [0.15, 0.2) is 18.3 Å². The Bertz CT molecular complexity index is 258. The van der Waals surface area contributed by atoms with Gasteiger partial charge in [0.15, 0.2) is 0 Å². The second kappa shape index (κ2) is 4.35. The average molecular weight is 181 g/mol. The number of hydrogen-bond donors (Lipinski definition) is 1. The first-order chi connectivity index (χ1) is 6.15. The fourth-order valence-corrected chi connectivity index (χ4v) is 1.05. The van der Waals surface area contributed by atoms with E-state index in [4.69, 9.17) is 4.74 Å². The molecule has 2 atom stereocenters. The third kappa shape index (κ3) is 2.50. The lowest BCUT2D eigenvalue weighted by atomic mass is 10.1. The normalized spacial score (nSPS) is 15.4. The smallest absolute Gasteiger partial charge is 0.106 e. The van der Waals surface area contributed by atoms with Gasteiger partial charge in [-0.25, -0.2) is 0 Å². The van der Waals surface area contributed by atoms with Crippen molar-refractivity contribution in [2.45, 2.75) is 26.1 Å². The van der Waals surface area contributed by atoms with Gasteiger partial charge in [0.1, 0.15) is 6.10 Å². The number of pyridine rings is 1. The number of aryl methyl sites for hydroxylation is 1. The molecule has 0 bridgehead atoms. The SMILES string of the molecule is COC(C)C(O)c1ccc(C)nc1. The Morgan fingerprint density at radius 1 is 1.46 bits per heavy atom. The minimum atomic E-state index is -0.599. The summed E-state index contributed by atoms with van der Waals surface area (Å²) in [6, 6.07) is 3.74. The zero-order chi connectivity index (χ0) is 9.84. The van der Waals surface area contributed by atoms with E-state index in [2.05, 4.69) is 4.98 Å². The summed E-state index contributed by atoms with van der Waals surface area (Å²) >= 11 is 0. The van der Waals surface area contributed by atoms with E-state index in [0.29, 0.717) is 0 Å². The molecule has 0 saturated carbocycles. The summed E-state index contributed by atoms with van der Waals surface area (Å²) in [5, 5.41) is 9.71. The summed E-state index contributed by atoms with van der Waals surface area (Å²) in [6.45, 7) is 3.74. The summed E-state index contributed by atoms with van der Waals surface area (Å²) < 4.78 is 5.02. The van der Waals surface area contributed by atoms with Crippen molar-refractivity contribution in [2.24, 2.45) is 0 Å². The van der Waals surface area contributed by atoms with Gasteiger partial charge in [0.05, 0.1) is 6.10 Å². The highest BCUT2D eigenvalue weighted by Gasteiger charge is 2.15. The highest BCUT2D eigenvalue weighted by atomic mass is 16.5. The molecular weight excluding hydrogens is 166 g/mol. The monoisotopic (exact) mass is 181 g/mol. The van der Waals surface area contributed by atoms with Crippen molar-refractivity contribution in [2.75, 3.05) is 7.11 Å². The molecule has 1 aromatic rings. The Morgan fingerprint density at radius 2 is 2.15 bits per heavy atom. The standard InChI is InChI=1S/C10H15NO2/c1-7-4-5-9(6-11-7)10(12)8(2)13-3/h4-6,8,10,12H,1-3H3. The zero-order valence-corrected chi connectivity index (χ0v) is 8.19. The summed E-state index contributed by atoms with van der Waals surface area (Å²) in [5.41, 5.74) is 1.74. The van der Waals surface area contributed by atoms with E-state index >= 15 is 0 Å². The second-order valence-corrected chi connectivity index (χ2v) is 3.12. The maximum Gasteiger partial charge on any atom is 0.106 e. The maximum atomic E-state index is 9.71. The van der Waals surface area contributed by atoms with Gasteiger partial charge in [-0.05, 0) is 19.9 Å². The Labute approximate surface area is 78.4 Å². The number of hydrogen-bond acceptors (Lipinski definition) is 3. The number of rotatable bonds is 3. The molecule has 0 aliphatic heterocycles. The van der Waals surface area contributed by atoms with E-state index in [9.17, 15) is 5.11 Å². The van der Waals surface area contributed by atoms with E-state index in [1.807, 2.05) is 26.0 Å². The lowest BCUT2D eigenvalue weighted by Gasteiger charge is -2.17. The Kier molecular flexibility index (Phi) is 3.39. The molecule has 0 saturated heterocycles. The van der Waals surface area contributed by atoms with Crippen molar-refractivity contribution in [1.29, 1.82) is 0 Å². The van der Waals surface area contributed by atoms with Crippen molar-refractivity contribution in [3.05, 3.63) is 29.6 Å². The number of aliphatic hydroxyl groups excluding tert-OH is 1. The van der Waals surface area contributed by atoms with Crippen molar-refractivity contribution in [3.8, 4) is 0 Å². The van der Waals surface area contributed by atoms with Crippen LogP contribution in [0.3, 0.4) is 0 Å². The quantitative estimate of drug-likeness (QED) is 0.767. The minimum absolute atomic E-state index is 0.204. The highest BCUT2D eigenvalue weighted by Crippen LogP contribution is 2.17. The number of aliphatic hydroxyl groups is 1. The molecule has 0 fully saturated rings. The summed E-state index contributed by atoms with van der Waals surface area (Å²) in [5.74, 6) is 0. The predicted molar refractivity (Wildman–Crippen MR) is 50.4 cm³/mol. The molecule has 3 nitrogen and oxygen atoms in total. The minimum Gasteiger partial charge on any atom is -0.386 e. The third-order valence-corrected chi connectivity index (χ3v) is 2.09. The lowest BCUT2D eigenvalue weighted by molar-refractivity contribution is -0.00159. The van der Waals surface area contributed by atoms with Gasteiger partial charge in [0.25, 0.3) is 0 Å². The molecule has 0 aromatic carbocycles. The van der Waals surface area contributed by atoms with Crippen LogP contribution in [0.5, 0.6) is 0 Å². The molecule has 1 aromatic heterocycles. The largest absolute Gasteiger partial charge is 0.386 e. The Balaban J connectivity index is 2.77. The first-order valence-corrected chi connectivity index (χ1v) is 4.28. The molecule has 0 spiro atoms. The number of nitrogens with zero attached hydrogens (tertiary/aromatic N) is 1. The van der Waals surface area contributed by atoms with Gasteiger partial charge in [-0.15, -0.1) is 0 Å². The maximum absolute atomic E-state index is 9.71. The molecule has 3 heteroatoms. The summed E-state index contributed by atoms with van der Waals surface area (Å²) in [6.07, 6.45) is 0.873. The topological polar surface area (TPSA) is 42.4 Å². The molecule has 0 aliphatic rings. The average Bonchev–Trinajstić information content (AvgIpc) is 2.17. The first-order valence-electron chi connectivity index (χ1n) is 4.28. The molecule has 13 heavy (non-hydrogen) atoms. The Morgan fingerprint density at radius 3 is 2.62 bits per heavy atom. The molecule has 0 aliphatic carbocycles. The molecule has 1 N–H and O–H groups in total. The molecular formula is C10H15NO2.